The van der Waals surface area contributed by atoms with E-state index in [0.717, 1.165) is 6.54 Å². The zero-order chi connectivity index (χ0) is 8.10. The molecule has 0 aromatic carbocycles. The van der Waals surface area contributed by atoms with Crippen molar-refractivity contribution in [3.05, 3.63) is 24.8 Å². The average Bonchev–Trinajstić information content (AvgIpc) is 2.03. The molecular formula is C9H16N2. The maximum absolute atomic E-state index is 5.77. The van der Waals surface area contributed by atoms with Crippen molar-refractivity contribution in [2.24, 2.45) is 5.84 Å². The SMILES string of the molecule is C=C/C=C/C1CCCCN1N. The van der Waals surface area contributed by atoms with Gasteiger partial charge < -0.3 is 0 Å². The van der Waals surface area contributed by atoms with Crippen LogP contribution < -0.4 is 5.84 Å². The topological polar surface area (TPSA) is 29.3 Å². The van der Waals surface area contributed by atoms with E-state index in [1.54, 1.807) is 6.08 Å². The molecule has 1 atom stereocenters. The number of hydrazine groups is 1. The van der Waals surface area contributed by atoms with Crippen molar-refractivity contribution < 1.29 is 0 Å². The highest BCUT2D eigenvalue weighted by Crippen LogP contribution is 2.13. The lowest BCUT2D eigenvalue weighted by atomic mass is 10.0. The Balaban J connectivity index is 2.41. The molecule has 0 saturated carbocycles. The summed E-state index contributed by atoms with van der Waals surface area (Å²) < 4.78 is 0. The molecular weight excluding hydrogens is 136 g/mol. The van der Waals surface area contributed by atoms with Crippen LogP contribution in [-0.2, 0) is 0 Å². The van der Waals surface area contributed by atoms with E-state index in [4.69, 9.17) is 5.84 Å². The Bertz CT molecular complexity index is 152. The first-order chi connectivity index (χ1) is 5.34. The minimum Gasteiger partial charge on any atom is -0.268 e. The summed E-state index contributed by atoms with van der Waals surface area (Å²) in [6.45, 7) is 4.64. The van der Waals surface area contributed by atoms with E-state index in [-0.39, 0.29) is 0 Å². The van der Waals surface area contributed by atoms with Crippen LogP contribution in [0.15, 0.2) is 24.8 Å². The minimum atomic E-state index is 0.432. The first kappa shape index (κ1) is 8.50. The zero-order valence-electron chi connectivity index (χ0n) is 6.87. The van der Waals surface area contributed by atoms with Crippen molar-refractivity contribution in [1.29, 1.82) is 0 Å². The number of piperidine rings is 1. The molecule has 2 heteroatoms. The van der Waals surface area contributed by atoms with Gasteiger partial charge in [-0.05, 0) is 12.8 Å². The first-order valence-corrected chi connectivity index (χ1v) is 4.15. The van der Waals surface area contributed by atoms with Gasteiger partial charge in [0.05, 0.1) is 0 Å². The summed E-state index contributed by atoms with van der Waals surface area (Å²) in [4.78, 5) is 0. The van der Waals surface area contributed by atoms with Crippen LogP contribution in [-0.4, -0.2) is 17.6 Å². The fourth-order valence-electron chi connectivity index (χ4n) is 1.39. The summed E-state index contributed by atoms with van der Waals surface area (Å²) in [6, 6.07) is 0.432. The Morgan fingerprint density at radius 2 is 2.27 bits per heavy atom. The highest BCUT2D eigenvalue weighted by Gasteiger charge is 2.15. The summed E-state index contributed by atoms with van der Waals surface area (Å²) in [6.07, 6.45) is 9.58. The van der Waals surface area contributed by atoms with Gasteiger partial charge in [-0.25, -0.2) is 5.01 Å². The van der Waals surface area contributed by atoms with Crippen LogP contribution in [0.25, 0.3) is 0 Å². The molecule has 62 valence electrons. The van der Waals surface area contributed by atoms with Gasteiger partial charge >= 0.3 is 0 Å². The Kier molecular flexibility index (Phi) is 3.33. The fraction of sp³-hybridized carbons (Fsp3) is 0.556. The van der Waals surface area contributed by atoms with Gasteiger partial charge in [0.15, 0.2) is 0 Å². The molecule has 0 amide bonds. The number of hydrogen-bond acceptors (Lipinski definition) is 2. The van der Waals surface area contributed by atoms with Crippen LogP contribution in [0.5, 0.6) is 0 Å². The van der Waals surface area contributed by atoms with Gasteiger partial charge in [-0.3, -0.25) is 5.84 Å². The molecule has 0 radical (unpaired) electrons. The summed E-state index contributed by atoms with van der Waals surface area (Å²) in [5.74, 6) is 5.77. The van der Waals surface area contributed by atoms with Crippen molar-refractivity contribution in [3.8, 4) is 0 Å². The van der Waals surface area contributed by atoms with Gasteiger partial charge in [-0.2, -0.15) is 0 Å². The van der Waals surface area contributed by atoms with E-state index in [0.29, 0.717) is 6.04 Å². The van der Waals surface area contributed by atoms with E-state index >= 15 is 0 Å². The van der Waals surface area contributed by atoms with Gasteiger partial charge in [0.1, 0.15) is 0 Å². The largest absolute Gasteiger partial charge is 0.268 e. The third kappa shape index (κ3) is 2.48. The second-order valence-electron chi connectivity index (χ2n) is 2.92. The van der Waals surface area contributed by atoms with E-state index in [2.05, 4.69) is 12.7 Å². The number of allylic oxidation sites excluding steroid dienone is 2. The predicted octanol–water partition coefficient (Wildman–Crippen LogP) is 1.46. The molecule has 0 aromatic rings. The number of nitrogens with two attached hydrogens (primary N) is 1. The zero-order valence-corrected chi connectivity index (χ0v) is 6.87. The smallest absolute Gasteiger partial charge is 0.0424 e. The molecule has 1 aliphatic heterocycles. The Morgan fingerprint density at radius 1 is 1.45 bits per heavy atom. The van der Waals surface area contributed by atoms with Crippen LogP contribution in [0.4, 0.5) is 0 Å². The van der Waals surface area contributed by atoms with Crippen molar-refractivity contribution in [3.63, 3.8) is 0 Å². The molecule has 11 heavy (non-hydrogen) atoms. The number of nitrogens with zero attached hydrogens (tertiary/aromatic N) is 1. The summed E-state index contributed by atoms with van der Waals surface area (Å²) in [5.41, 5.74) is 0. The minimum absolute atomic E-state index is 0.432. The molecule has 1 aliphatic rings. The average molecular weight is 152 g/mol. The third-order valence-corrected chi connectivity index (χ3v) is 2.06. The fourth-order valence-corrected chi connectivity index (χ4v) is 1.39. The molecule has 1 saturated heterocycles. The van der Waals surface area contributed by atoms with Crippen molar-refractivity contribution >= 4 is 0 Å². The maximum atomic E-state index is 5.77. The van der Waals surface area contributed by atoms with E-state index < -0.39 is 0 Å². The quantitative estimate of drug-likeness (QED) is 0.479. The standard InChI is InChI=1S/C9H16N2/c1-2-3-6-9-7-4-5-8-11(9)10/h2-3,6,9H,1,4-5,7-8,10H2/b6-3+. The van der Waals surface area contributed by atoms with E-state index in [1.807, 2.05) is 11.1 Å². The molecule has 1 heterocycles. The van der Waals surface area contributed by atoms with E-state index in [1.165, 1.54) is 19.3 Å². The monoisotopic (exact) mass is 152 g/mol. The predicted molar refractivity (Wildman–Crippen MR) is 47.9 cm³/mol. The maximum Gasteiger partial charge on any atom is 0.0424 e. The molecule has 0 bridgehead atoms. The van der Waals surface area contributed by atoms with Crippen LogP contribution in [0, 0.1) is 0 Å². The summed E-state index contributed by atoms with van der Waals surface area (Å²) >= 11 is 0. The van der Waals surface area contributed by atoms with E-state index in [9.17, 15) is 0 Å². The molecule has 1 rings (SSSR count). The highest BCUT2D eigenvalue weighted by atomic mass is 15.4. The van der Waals surface area contributed by atoms with Crippen molar-refractivity contribution in [2.75, 3.05) is 6.54 Å². The second kappa shape index (κ2) is 4.31. The normalized spacial score (nSPS) is 27.5. The molecule has 2 nitrogen and oxygen atoms in total. The number of hydrogen-bond donors (Lipinski definition) is 1. The Labute approximate surface area is 68.3 Å². The van der Waals surface area contributed by atoms with Crippen LogP contribution >= 0.6 is 0 Å². The lowest BCUT2D eigenvalue weighted by Crippen LogP contribution is -2.43. The number of rotatable bonds is 2. The van der Waals surface area contributed by atoms with Crippen molar-refractivity contribution in [2.45, 2.75) is 25.3 Å². The Hall–Kier alpha value is -0.600. The molecule has 0 spiro atoms. The lowest BCUT2D eigenvalue weighted by Gasteiger charge is -2.29. The van der Waals surface area contributed by atoms with Gasteiger partial charge in [-0.15, -0.1) is 0 Å². The van der Waals surface area contributed by atoms with Gasteiger partial charge in [-0.1, -0.05) is 31.2 Å². The molecule has 1 unspecified atom stereocenters. The van der Waals surface area contributed by atoms with Gasteiger partial charge in [0.25, 0.3) is 0 Å². The van der Waals surface area contributed by atoms with Crippen LogP contribution in [0.3, 0.4) is 0 Å². The second-order valence-corrected chi connectivity index (χ2v) is 2.92. The van der Waals surface area contributed by atoms with Gasteiger partial charge in [0.2, 0.25) is 0 Å². The van der Waals surface area contributed by atoms with Crippen molar-refractivity contribution in [1.82, 2.24) is 5.01 Å². The summed E-state index contributed by atoms with van der Waals surface area (Å²) in [7, 11) is 0. The lowest BCUT2D eigenvalue weighted by molar-refractivity contribution is 0.184. The van der Waals surface area contributed by atoms with Gasteiger partial charge in [0, 0.05) is 12.6 Å². The molecule has 1 fully saturated rings. The first-order valence-electron chi connectivity index (χ1n) is 4.15. The summed E-state index contributed by atoms with van der Waals surface area (Å²) in [5, 5.41) is 1.91. The molecule has 0 aliphatic carbocycles. The molecule has 0 aromatic heterocycles. The molecule has 2 N–H and O–H groups in total. The third-order valence-electron chi connectivity index (χ3n) is 2.06. The van der Waals surface area contributed by atoms with Crippen LogP contribution in [0.1, 0.15) is 19.3 Å². The Morgan fingerprint density at radius 3 is 2.91 bits per heavy atom. The van der Waals surface area contributed by atoms with Crippen LogP contribution in [0.2, 0.25) is 0 Å². The highest BCUT2D eigenvalue weighted by molar-refractivity contribution is 5.03.